The summed E-state index contributed by atoms with van der Waals surface area (Å²) in [6.07, 6.45) is 0.717. The van der Waals surface area contributed by atoms with Gasteiger partial charge in [0.2, 0.25) is 0 Å². The predicted octanol–water partition coefficient (Wildman–Crippen LogP) is 1.77. The second kappa shape index (κ2) is 7.50. The van der Waals surface area contributed by atoms with E-state index in [1.165, 1.54) is 0 Å². The van der Waals surface area contributed by atoms with E-state index in [1.807, 2.05) is 37.3 Å². The highest BCUT2D eigenvalue weighted by Crippen LogP contribution is 2.26. The molecule has 1 fully saturated rings. The number of hydrogen-bond donors (Lipinski definition) is 1. The molecule has 0 saturated carbocycles. The van der Waals surface area contributed by atoms with Crippen molar-refractivity contribution in [3.05, 3.63) is 65.7 Å². The van der Waals surface area contributed by atoms with Gasteiger partial charge in [0, 0.05) is 6.04 Å². The molecule has 2 aromatic rings. The topological polar surface area (TPSA) is 80.3 Å². The third-order valence-corrected chi connectivity index (χ3v) is 8.88. The van der Waals surface area contributed by atoms with Gasteiger partial charge in [-0.3, -0.25) is 0 Å². The first-order valence-electron chi connectivity index (χ1n) is 8.56. The number of aryl methyl sites for hydroxylation is 1. The summed E-state index contributed by atoms with van der Waals surface area (Å²) in [6, 6.07) is 15.8. The Balaban J connectivity index is 1.76. The van der Waals surface area contributed by atoms with Gasteiger partial charge in [-0.05, 0) is 37.6 Å². The zero-order valence-electron chi connectivity index (χ0n) is 14.6. The molecule has 0 radical (unpaired) electrons. The van der Waals surface area contributed by atoms with Gasteiger partial charge in [-0.15, -0.1) is 0 Å². The van der Waals surface area contributed by atoms with Gasteiger partial charge >= 0.3 is 0 Å². The number of benzene rings is 2. The molecule has 1 heterocycles. The number of sulfone groups is 2. The van der Waals surface area contributed by atoms with E-state index in [0.29, 0.717) is 13.0 Å². The normalized spacial score (nSPS) is 22.3. The smallest absolute Gasteiger partial charge is 0.183 e. The molecule has 3 rings (SSSR count). The van der Waals surface area contributed by atoms with E-state index in [0.717, 1.165) is 11.1 Å². The Kier molecular flexibility index (Phi) is 5.50. The molecule has 2 atom stereocenters. The Morgan fingerprint density at radius 3 is 2.31 bits per heavy atom. The molecule has 0 spiro atoms. The lowest BCUT2D eigenvalue weighted by atomic mass is 10.1. The molecule has 7 heteroatoms. The summed E-state index contributed by atoms with van der Waals surface area (Å²) in [6.45, 7) is 2.41. The summed E-state index contributed by atoms with van der Waals surface area (Å²) in [5.41, 5.74) is 2.08. The summed E-state index contributed by atoms with van der Waals surface area (Å²) in [5, 5.41) is 2.21. The second-order valence-corrected chi connectivity index (χ2v) is 11.1. The van der Waals surface area contributed by atoms with Crippen molar-refractivity contribution < 1.29 is 16.8 Å². The Labute approximate surface area is 155 Å². The lowest BCUT2D eigenvalue weighted by Gasteiger charge is -2.20. The molecule has 0 bridgehead atoms. The van der Waals surface area contributed by atoms with Crippen LogP contribution in [0.25, 0.3) is 0 Å². The van der Waals surface area contributed by atoms with Crippen LogP contribution in [-0.2, 0) is 26.1 Å². The van der Waals surface area contributed by atoms with Crippen LogP contribution in [0.15, 0.2) is 59.5 Å². The first-order valence-corrected chi connectivity index (χ1v) is 11.9. The standard InChI is InChI=1S/C19H23NO4S2/c1-15-7-9-17(10-8-15)26(23,24)19-14-25(21,22)13-18(19)20-12-11-16-5-3-2-4-6-16/h2-10,18-20H,11-14H2,1H3/t18-,19-/m0/s1. The molecule has 1 aliphatic heterocycles. The van der Waals surface area contributed by atoms with E-state index in [1.54, 1.807) is 24.3 Å². The third kappa shape index (κ3) is 4.34. The van der Waals surface area contributed by atoms with Crippen LogP contribution in [0.1, 0.15) is 11.1 Å². The maximum absolute atomic E-state index is 13.0. The van der Waals surface area contributed by atoms with Gasteiger partial charge in [0.15, 0.2) is 19.7 Å². The highest BCUT2D eigenvalue weighted by molar-refractivity contribution is 7.96. The first kappa shape index (κ1) is 19.1. The largest absolute Gasteiger partial charge is 0.311 e. The predicted molar refractivity (Wildman–Crippen MR) is 103 cm³/mol. The number of nitrogens with one attached hydrogen (secondary N) is 1. The number of rotatable bonds is 6. The van der Waals surface area contributed by atoms with Crippen molar-refractivity contribution in [1.29, 1.82) is 0 Å². The highest BCUT2D eigenvalue weighted by atomic mass is 32.2. The molecule has 5 nitrogen and oxygen atoms in total. The van der Waals surface area contributed by atoms with Gasteiger partial charge in [-0.25, -0.2) is 16.8 Å². The van der Waals surface area contributed by atoms with Crippen molar-refractivity contribution in [2.45, 2.75) is 29.5 Å². The van der Waals surface area contributed by atoms with E-state index in [4.69, 9.17) is 0 Å². The lowest BCUT2D eigenvalue weighted by molar-refractivity contribution is 0.528. The van der Waals surface area contributed by atoms with Crippen LogP contribution in [0.5, 0.6) is 0 Å². The minimum absolute atomic E-state index is 0.141. The Bertz CT molecular complexity index is 952. The maximum Gasteiger partial charge on any atom is 0.183 e. The van der Waals surface area contributed by atoms with Crippen LogP contribution >= 0.6 is 0 Å². The van der Waals surface area contributed by atoms with Gasteiger partial charge in [0.05, 0.1) is 21.7 Å². The van der Waals surface area contributed by atoms with Gasteiger partial charge < -0.3 is 5.32 Å². The summed E-state index contributed by atoms with van der Waals surface area (Å²) < 4.78 is 50.2. The molecular formula is C19H23NO4S2. The Morgan fingerprint density at radius 2 is 1.65 bits per heavy atom. The minimum Gasteiger partial charge on any atom is -0.311 e. The average Bonchev–Trinajstić information content (AvgIpc) is 2.92. The molecule has 0 aromatic heterocycles. The van der Waals surface area contributed by atoms with Crippen molar-refractivity contribution in [3.63, 3.8) is 0 Å². The molecule has 0 aliphatic carbocycles. The van der Waals surface area contributed by atoms with Crippen molar-refractivity contribution in [2.75, 3.05) is 18.1 Å². The molecule has 140 valence electrons. The quantitative estimate of drug-likeness (QED) is 0.809. The van der Waals surface area contributed by atoms with E-state index >= 15 is 0 Å². The minimum atomic E-state index is -3.71. The van der Waals surface area contributed by atoms with E-state index in [9.17, 15) is 16.8 Å². The van der Waals surface area contributed by atoms with E-state index in [-0.39, 0.29) is 16.4 Å². The molecule has 2 aromatic carbocycles. The van der Waals surface area contributed by atoms with Gasteiger partial charge in [0.1, 0.15) is 0 Å². The fourth-order valence-electron chi connectivity index (χ4n) is 3.26. The zero-order valence-corrected chi connectivity index (χ0v) is 16.3. The van der Waals surface area contributed by atoms with Gasteiger partial charge in [0.25, 0.3) is 0 Å². The van der Waals surface area contributed by atoms with Crippen LogP contribution in [0, 0.1) is 6.92 Å². The second-order valence-electron chi connectivity index (χ2n) is 6.77. The van der Waals surface area contributed by atoms with Crippen molar-refractivity contribution in [1.82, 2.24) is 5.32 Å². The number of hydrogen-bond acceptors (Lipinski definition) is 5. The fraction of sp³-hybridized carbons (Fsp3) is 0.368. The lowest BCUT2D eigenvalue weighted by Crippen LogP contribution is -2.44. The SMILES string of the molecule is Cc1ccc(S(=O)(=O)[C@H]2CS(=O)(=O)C[C@@H]2NCCc2ccccc2)cc1. The van der Waals surface area contributed by atoms with E-state index in [2.05, 4.69) is 5.32 Å². The Morgan fingerprint density at radius 1 is 1.00 bits per heavy atom. The summed E-state index contributed by atoms with van der Waals surface area (Å²) in [4.78, 5) is 0.181. The molecule has 1 aliphatic rings. The van der Waals surface area contributed by atoms with Gasteiger partial charge in [-0.1, -0.05) is 48.0 Å². The monoisotopic (exact) mass is 393 g/mol. The molecule has 1 saturated heterocycles. The van der Waals surface area contributed by atoms with Crippen molar-refractivity contribution in [3.8, 4) is 0 Å². The van der Waals surface area contributed by atoms with Crippen LogP contribution in [0.2, 0.25) is 0 Å². The zero-order chi connectivity index (χ0) is 18.8. The summed E-state index contributed by atoms with van der Waals surface area (Å²) in [7, 11) is -7.09. The summed E-state index contributed by atoms with van der Waals surface area (Å²) >= 11 is 0. The van der Waals surface area contributed by atoms with Crippen LogP contribution in [0.3, 0.4) is 0 Å². The van der Waals surface area contributed by atoms with Crippen LogP contribution < -0.4 is 5.32 Å². The Hall–Kier alpha value is -1.70. The fourth-order valence-corrected chi connectivity index (χ4v) is 7.98. The molecule has 0 unspecified atom stereocenters. The first-order chi connectivity index (χ1) is 12.3. The van der Waals surface area contributed by atoms with Crippen LogP contribution in [-0.4, -0.2) is 46.2 Å². The third-order valence-electron chi connectivity index (χ3n) is 4.71. The molecule has 26 heavy (non-hydrogen) atoms. The average molecular weight is 394 g/mol. The van der Waals surface area contributed by atoms with Crippen molar-refractivity contribution in [2.24, 2.45) is 0 Å². The summed E-state index contributed by atoms with van der Waals surface area (Å²) in [5.74, 6) is -0.468. The van der Waals surface area contributed by atoms with E-state index < -0.39 is 31.0 Å². The molecule has 1 N–H and O–H groups in total. The maximum atomic E-state index is 13.0. The molecule has 0 amide bonds. The van der Waals surface area contributed by atoms with Crippen molar-refractivity contribution >= 4 is 19.7 Å². The highest BCUT2D eigenvalue weighted by Gasteiger charge is 2.45. The van der Waals surface area contributed by atoms with Crippen LogP contribution in [0.4, 0.5) is 0 Å². The molecular weight excluding hydrogens is 370 g/mol. The van der Waals surface area contributed by atoms with Gasteiger partial charge in [-0.2, -0.15) is 0 Å².